The van der Waals surface area contributed by atoms with Crippen LogP contribution in [0.1, 0.15) is 51.6 Å². The van der Waals surface area contributed by atoms with Gasteiger partial charge in [-0.2, -0.15) is 5.26 Å². The molecule has 9 heteroatoms. The number of halogens is 2. The largest absolute Gasteiger partial charge is 0.497 e. The van der Waals surface area contributed by atoms with Crippen molar-refractivity contribution >= 4 is 30.7 Å². The molecule has 198 valence electrons. The van der Waals surface area contributed by atoms with Gasteiger partial charge in [-0.15, -0.1) is 24.8 Å². The fourth-order valence-electron chi connectivity index (χ4n) is 4.57. The molecular formula is C29H31Cl2N5O2. The van der Waals surface area contributed by atoms with Crippen molar-refractivity contribution in [2.24, 2.45) is 5.92 Å². The molecular weight excluding hydrogens is 521 g/mol. The number of H-pyrrole nitrogens is 1. The lowest BCUT2D eigenvalue weighted by Crippen LogP contribution is -2.50. The van der Waals surface area contributed by atoms with Gasteiger partial charge in [-0.1, -0.05) is 24.0 Å². The van der Waals surface area contributed by atoms with Gasteiger partial charge in [0.15, 0.2) is 0 Å². The second-order valence-electron chi connectivity index (χ2n) is 9.32. The van der Waals surface area contributed by atoms with Gasteiger partial charge in [-0.25, -0.2) is 4.98 Å². The molecule has 1 amide bonds. The van der Waals surface area contributed by atoms with E-state index in [2.05, 4.69) is 32.8 Å². The number of aromatic amines is 1. The zero-order valence-electron chi connectivity index (χ0n) is 21.2. The Hall–Kier alpha value is -3.49. The number of amides is 1. The van der Waals surface area contributed by atoms with Crippen LogP contribution in [0.3, 0.4) is 0 Å². The summed E-state index contributed by atoms with van der Waals surface area (Å²) in [6.45, 7) is 2.75. The van der Waals surface area contributed by atoms with E-state index >= 15 is 0 Å². The minimum Gasteiger partial charge on any atom is -0.497 e. The van der Waals surface area contributed by atoms with Crippen LogP contribution < -0.4 is 4.74 Å². The van der Waals surface area contributed by atoms with Gasteiger partial charge in [0.05, 0.1) is 42.4 Å². The number of hydrogen-bond donors (Lipinski definition) is 1. The van der Waals surface area contributed by atoms with E-state index in [-0.39, 0.29) is 36.8 Å². The molecule has 3 aromatic rings. The Kier molecular flexibility index (Phi) is 10.2. The molecule has 1 saturated carbocycles. The lowest BCUT2D eigenvalue weighted by atomic mass is 10.00. The van der Waals surface area contributed by atoms with Gasteiger partial charge < -0.3 is 14.6 Å². The number of nitriles is 1. The van der Waals surface area contributed by atoms with Crippen molar-refractivity contribution < 1.29 is 9.53 Å². The molecule has 2 heterocycles. The highest BCUT2D eigenvalue weighted by molar-refractivity contribution is 5.97. The van der Waals surface area contributed by atoms with E-state index in [4.69, 9.17) is 10.00 Å². The van der Waals surface area contributed by atoms with Crippen molar-refractivity contribution in [1.29, 1.82) is 5.26 Å². The van der Waals surface area contributed by atoms with Gasteiger partial charge in [0.25, 0.3) is 5.91 Å². The lowest BCUT2D eigenvalue weighted by Gasteiger charge is -2.39. The average molecular weight is 553 g/mol. The highest BCUT2D eigenvalue weighted by atomic mass is 35.5. The van der Waals surface area contributed by atoms with Crippen LogP contribution in [0.25, 0.3) is 0 Å². The Morgan fingerprint density at radius 2 is 1.87 bits per heavy atom. The Morgan fingerprint density at radius 1 is 1.13 bits per heavy atom. The van der Waals surface area contributed by atoms with Crippen LogP contribution in [0.4, 0.5) is 0 Å². The molecule has 2 fully saturated rings. The first-order valence-corrected chi connectivity index (χ1v) is 12.3. The minimum atomic E-state index is -0.00108. The van der Waals surface area contributed by atoms with E-state index in [0.29, 0.717) is 35.9 Å². The van der Waals surface area contributed by atoms with Gasteiger partial charge in [0.2, 0.25) is 0 Å². The topological polar surface area (TPSA) is 85.2 Å². The van der Waals surface area contributed by atoms with Gasteiger partial charge in [-0.05, 0) is 55.2 Å². The Bertz CT molecular complexity index is 1310. The van der Waals surface area contributed by atoms with Crippen molar-refractivity contribution in [2.75, 3.05) is 33.3 Å². The van der Waals surface area contributed by atoms with Crippen LogP contribution in [-0.4, -0.2) is 59.0 Å². The highest BCUT2D eigenvalue weighted by Gasteiger charge is 2.29. The van der Waals surface area contributed by atoms with Gasteiger partial charge in [0.1, 0.15) is 5.75 Å². The standard InChI is InChI=1S/C29H29N5O2.2ClH/c1-36-25-11-10-24(9-8-21-2-3-21)26(17-25)29(35)34-14-12-33(13-15-34)28(27-19-31-20-32-27)16-22-4-6-23(18-30)7-5-22;;/h4-7,10-11,17,19-21,28H,2-3,12-16H2,1H3,(H,31,32);2*1H. The first-order chi connectivity index (χ1) is 17.6. The van der Waals surface area contributed by atoms with Crippen LogP contribution in [0.2, 0.25) is 0 Å². The number of aromatic nitrogens is 2. The molecule has 1 saturated heterocycles. The van der Waals surface area contributed by atoms with Crippen molar-refractivity contribution in [3.8, 4) is 23.7 Å². The van der Waals surface area contributed by atoms with Crippen LogP contribution in [-0.2, 0) is 6.42 Å². The van der Waals surface area contributed by atoms with Crippen LogP contribution in [0, 0.1) is 29.1 Å². The fraction of sp³-hybridized carbons (Fsp3) is 0.345. The number of imidazole rings is 1. The molecule has 1 atom stereocenters. The second kappa shape index (κ2) is 13.3. The maximum absolute atomic E-state index is 13.5. The number of rotatable bonds is 6. The van der Waals surface area contributed by atoms with Crippen LogP contribution in [0.5, 0.6) is 5.75 Å². The summed E-state index contributed by atoms with van der Waals surface area (Å²) in [7, 11) is 1.61. The summed E-state index contributed by atoms with van der Waals surface area (Å²) in [6, 6.07) is 15.6. The van der Waals surface area contributed by atoms with Gasteiger partial charge in [0, 0.05) is 43.9 Å². The summed E-state index contributed by atoms with van der Waals surface area (Å²) in [5.74, 6) is 7.64. The third kappa shape index (κ3) is 6.88. The quantitative estimate of drug-likeness (QED) is 0.451. The zero-order valence-corrected chi connectivity index (χ0v) is 22.9. The number of hydrogen-bond acceptors (Lipinski definition) is 5. The number of methoxy groups -OCH3 is 1. The minimum absolute atomic E-state index is 0. The molecule has 1 aliphatic carbocycles. The number of carbonyl (C=O) groups excluding carboxylic acids is 1. The lowest BCUT2D eigenvalue weighted by molar-refractivity contribution is 0.0562. The fourth-order valence-corrected chi connectivity index (χ4v) is 4.57. The number of nitrogens with zero attached hydrogens (tertiary/aromatic N) is 4. The van der Waals surface area contributed by atoms with Gasteiger partial charge in [-0.3, -0.25) is 9.69 Å². The molecule has 0 radical (unpaired) electrons. The van der Waals surface area contributed by atoms with Crippen LogP contribution >= 0.6 is 24.8 Å². The molecule has 2 aromatic carbocycles. The Morgan fingerprint density at radius 3 is 2.47 bits per heavy atom. The third-order valence-electron chi connectivity index (χ3n) is 6.88. The predicted molar refractivity (Wildman–Crippen MR) is 151 cm³/mol. The molecule has 1 aromatic heterocycles. The van der Waals surface area contributed by atoms with E-state index in [1.165, 1.54) is 0 Å². The predicted octanol–water partition coefficient (Wildman–Crippen LogP) is 4.64. The monoisotopic (exact) mass is 551 g/mol. The average Bonchev–Trinajstić information content (AvgIpc) is 3.61. The summed E-state index contributed by atoms with van der Waals surface area (Å²) in [4.78, 5) is 25.4. The van der Waals surface area contributed by atoms with Crippen LogP contribution in [0.15, 0.2) is 55.0 Å². The maximum atomic E-state index is 13.5. The first kappa shape index (κ1) is 29.1. The first-order valence-electron chi connectivity index (χ1n) is 12.3. The Balaban J connectivity index is 0.00000200. The van der Waals surface area contributed by atoms with E-state index < -0.39 is 0 Å². The molecule has 1 aliphatic heterocycles. The van der Waals surface area contributed by atoms with Gasteiger partial charge >= 0.3 is 0 Å². The number of nitrogens with one attached hydrogen (secondary N) is 1. The van der Waals surface area contributed by atoms with E-state index in [1.807, 2.05) is 53.6 Å². The summed E-state index contributed by atoms with van der Waals surface area (Å²) in [5, 5.41) is 9.10. The molecule has 7 nitrogen and oxygen atoms in total. The number of ether oxygens (including phenoxy) is 1. The van der Waals surface area contributed by atoms with E-state index in [9.17, 15) is 4.79 Å². The molecule has 0 spiro atoms. The zero-order chi connectivity index (χ0) is 24.9. The molecule has 38 heavy (non-hydrogen) atoms. The Labute approximate surface area is 236 Å². The van der Waals surface area contributed by atoms with Crippen molar-refractivity contribution in [3.05, 3.63) is 82.9 Å². The second-order valence-corrected chi connectivity index (χ2v) is 9.32. The van der Waals surface area contributed by atoms with Crippen molar-refractivity contribution in [1.82, 2.24) is 19.8 Å². The third-order valence-corrected chi connectivity index (χ3v) is 6.88. The molecule has 5 rings (SSSR count). The maximum Gasteiger partial charge on any atom is 0.255 e. The summed E-state index contributed by atoms with van der Waals surface area (Å²) >= 11 is 0. The van der Waals surface area contributed by atoms with Crippen molar-refractivity contribution in [2.45, 2.75) is 25.3 Å². The van der Waals surface area contributed by atoms with E-state index in [1.54, 1.807) is 13.4 Å². The highest BCUT2D eigenvalue weighted by Crippen LogP contribution is 2.29. The van der Waals surface area contributed by atoms with E-state index in [0.717, 1.165) is 49.2 Å². The molecule has 1 unspecified atom stereocenters. The number of piperazine rings is 1. The molecule has 1 N–H and O–H groups in total. The summed E-state index contributed by atoms with van der Waals surface area (Å²) < 4.78 is 5.39. The SMILES string of the molecule is COc1ccc(C#CC2CC2)c(C(=O)N2CCN(C(Cc3ccc(C#N)cc3)c3cnc[nH]3)CC2)c1.Cl.Cl. The normalized spacial score (nSPS) is 15.6. The summed E-state index contributed by atoms with van der Waals surface area (Å²) in [6.07, 6.45) is 6.65. The smallest absolute Gasteiger partial charge is 0.255 e. The molecule has 0 bridgehead atoms. The van der Waals surface area contributed by atoms with Crippen molar-refractivity contribution in [3.63, 3.8) is 0 Å². The number of carbonyl (C=O) groups is 1. The number of benzene rings is 2. The molecule has 2 aliphatic rings. The summed E-state index contributed by atoms with van der Waals surface area (Å²) in [5.41, 5.74) is 4.24.